The number of halogens is 1. The SMILES string of the molecule is Cc1ccc(C[C@H]2NC(=O)/C=C/C[C@@H]([C@H](C)[C@H]3O[C@@H]3c3ccc(CN=[N+]=[N-])cc3)OC(=O)[C@H](CC(C)(C)C)NC(=O)C(C)(C)CNC2=O)cc1Cl. The number of nitrogens with one attached hydrogen (secondary N) is 3. The first kappa shape index (κ1) is 39.4. The summed E-state index contributed by atoms with van der Waals surface area (Å²) in [5.41, 5.74) is 10.6. The van der Waals surface area contributed by atoms with E-state index in [9.17, 15) is 19.2 Å². The van der Waals surface area contributed by atoms with Crippen molar-refractivity contribution in [1.29, 1.82) is 0 Å². The van der Waals surface area contributed by atoms with Crippen LogP contribution >= 0.6 is 11.6 Å². The molecule has 0 radical (unpaired) electrons. The van der Waals surface area contributed by atoms with Gasteiger partial charge in [0.25, 0.3) is 0 Å². The first-order valence-corrected chi connectivity index (χ1v) is 17.6. The molecule has 0 spiro atoms. The molecule has 0 saturated carbocycles. The fourth-order valence-electron chi connectivity index (χ4n) is 5.94. The molecule has 6 atom stereocenters. The molecule has 0 aromatic heterocycles. The molecular formula is C38H49ClN6O6. The molecule has 4 rings (SSSR count). The molecule has 2 aromatic rings. The van der Waals surface area contributed by atoms with Crippen molar-refractivity contribution in [3.8, 4) is 0 Å². The highest BCUT2D eigenvalue weighted by molar-refractivity contribution is 6.31. The fraction of sp³-hybridized carbons (Fsp3) is 0.526. The van der Waals surface area contributed by atoms with Gasteiger partial charge in [0.15, 0.2) is 0 Å². The van der Waals surface area contributed by atoms with Crippen LogP contribution in [0.5, 0.6) is 0 Å². The van der Waals surface area contributed by atoms with Crippen molar-refractivity contribution in [3.05, 3.63) is 92.3 Å². The summed E-state index contributed by atoms with van der Waals surface area (Å²) in [4.78, 5) is 57.1. The zero-order valence-electron chi connectivity index (χ0n) is 30.4. The van der Waals surface area contributed by atoms with Gasteiger partial charge in [0, 0.05) is 35.2 Å². The third-order valence-electron chi connectivity index (χ3n) is 9.19. The van der Waals surface area contributed by atoms with Crippen LogP contribution < -0.4 is 16.0 Å². The lowest BCUT2D eigenvalue weighted by Crippen LogP contribution is -2.54. The van der Waals surface area contributed by atoms with E-state index in [2.05, 4.69) is 26.0 Å². The van der Waals surface area contributed by atoms with Gasteiger partial charge in [-0.2, -0.15) is 0 Å². The third-order valence-corrected chi connectivity index (χ3v) is 9.60. The number of hydrogen-bond donors (Lipinski definition) is 3. The van der Waals surface area contributed by atoms with Crippen molar-refractivity contribution < 1.29 is 28.7 Å². The van der Waals surface area contributed by atoms with E-state index in [1.807, 2.05) is 71.0 Å². The molecule has 274 valence electrons. The van der Waals surface area contributed by atoms with Gasteiger partial charge in [-0.05, 0) is 72.5 Å². The van der Waals surface area contributed by atoms with Crippen molar-refractivity contribution in [1.82, 2.24) is 16.0 Å². The average molecular weight is 721 g/mol. The van der Waals surface area contributed by atoms with E-state index in [1.165, 1.54) is 6.08 Å². The standard InChI is InChI=1S/C38H49ClN6O6/c1-22-11-12-25(17-27(22)39)18-28-34(47)41-21-38(6,7)36(49)44-29(19-37(3,4)5)35(48)50-30(9-8-10-31(46)43-28)23(2)32-33(51-32)26-15-13-24(14-16-26)20-42-45-40/h8,10-17,23,28-30,32-33H,9,18-21H2,1-7H3,(H,41,47)(H,43,46)(H,44,49)/b10-8+/t23-,28+,29-,30-,32+,33+/m0/s1. The van der Waals surface area contributed by atoms with Crippen LogP contribution in [0, 0.1) is 23.7 Å². The number of carbonyl (C=O) groups is 4. The number of azide groups is 1. The topological polar surface area (TPSA) is 175 Å². The molecule has 1 fully saturated rings. The average Bonchev–Trinajstić information content (AvgIpc) is 3.87. The molecule has 0 unspecified atom stereocenters. The van der Waals surface area contributed by atoms with Gasteiger partial charge >= 0.3 is 5.97 Å². The highest BCUT2D eigenvalue weighted by Gasteiger charge is 2.48. The van der Waals surface area contributed by atoms with E-state index >= 15 is 0 Å². The van der Waals surface area contributed by atoms with Crippen LogP contribution in [0.25, 0.3) is 10.4 Å². The monoisotopic (exact) mass is 720 g/mol. The summed E-state index contributed by atoms with van der Waals surface area (Å²) in [5, 5.41) is 12.7. The second kappa shape index (κ2) is 16.8. The Morgan fingerprint density at radius 2 is 1.73 bits per heavy atom. The minimum absolute atomic E-state index is 0.0433. The van der Waals surface area contributed by atoms with Gasteiger partial charge in [-0.3, -0.25) is 14.4 Å². The lowest BCUT2D eigenvalue weighted by Gasteiger charge is -2.32. The molecule has 12 nitrogen and oxygen atoms in total. The van der Waals surface area contributed by atoms with E-state index in [4.69, 9.17) is 26.6 Å². The molecule has 2 aliphatic rings. The quantitative estimate of drug-likeness (QED) is 0.0963. The Kier molecular flexibility index (Phi) is 12.9. The summed E-state index contributed by atoms with van der Waals surface area (Å²) in [5.74, 6) is -2.26. The van der Waals surface area contributed by atoms with E-state index in [1.54, 1.807) is 26.0 Å². The van der Waals surface area contributed by atoms with Crippen LogP contribution in [0.1, 0.15) is 82.7 Å². The number of carbonyl (C=O) groups excluding carboxylic acids is 4. The number of nitrogens with zero attached hydrogens (tertiary/aromatic N) is 3. The summed E-state index contributed by atoms with van der Waals surface area (Å²) in [6.07, 6.45) is 2.42. The minimum atomic E-state index is -1.11. The Balaban J connectivity index is 1.61. The predicted octanol–water partition coefficient (Wildman–Crippen LogP) is 6.20. The van der Waals surface area contributed by atoms with Gasteiger partial charge in [0.1, 0.15) is 24.3 Å². The molecule has 2 aliphatic heterocycles. The lowest BCUT2D eigenvalue weighted by molar-refractivity contribution is -0.157. The van der Waals surface area contributed by atoms with Crippen LogP contribution in [0.15, 0.2) is 59.7 Å². The maximum atomic E-state index is 13.9. The zero-order valence-corrected chi connectivity index (χ0v) is 31.1. The first-order chi connectivity index (χ1) is 24.0. The molecule has 3 N–H and O–H groups in total. The lowest BCUT2D eigenvalue weighted by atomic mass is 9.86. The van der Waals surface area contributed by atoms with Gasteiger partial charge in [-0.15, -0.1) is 0 Å². The maximum Gasteiger partial charge on any atom is 0.328 e. The van der Waals surface area contributed by atoms with Crippen LogP contribution in [0.2, 0.25) is 5.02 Å². The Labute approximate surface area is 304 Å². The van der Waals surface area contributed by atoms with Crippen LogP contribution in [0.3, 0.4) is 0 Å². The number of rotatable bonds is 8. The van der Waals surface area contributed by atoms with Gasteiger partial charge < -0.3 is 25.4 Å². The largest absolute Gasteiger partial charge is 0.460 e. The molecular weight excluding hydrogens is 672 g/mol. The molecule has 13 heteroatoms. The minimum Gasteiger partial charge on any atom is -0.460 e. The number of amides is 3. The van der Waals surface area contributed by atoms with Crippen molar-refractivity contribution in [3.63, 3.8) is 0 Å². The van der Waals surface area contributed by atoms with E-state index < -0.39 is 47.3 Å². The molecule has 2 heterocycles. The number of cyclic esters (lactones) is 1. The highest BCUT2D eigenvalue weighted by atomic mass is 35.5. The summed E-state index contributed by atoms with van der Waals surface area (Å²) in [6, 6.07) is 11.2. The van der Waals surface area contributed by atoms with Crippen LogP contribution in [-0.4, -0.2) is 54.5 Å². The number of ether oxygens (including phenoxy) is 2. The normalized spacial score (nSPS) is 25.7. The summed E-state index contributed by atoms with van der Waals surface area (Å²) < 4.78 is 12.2. The second-order valence-corrected chi connectivity index (χ2v) is 15.8. The van der Waals surface area contributed by atoms with Gasteiger partial charge in [0.05, 0.1) is 18.1 Å². The number of esters is 1. The fourth-order valence-corrected chi connectivity index (χ4v) is 6.14. The Morgan fingerprint density at radius 3 is 2.37 bits per heavy atom. The van der Waals surface area contributed by atoms with Crippen LogP contribution in [-0.2, 0) is 41.6 Å². The number of aryl methyl sites for hydroxylation is 1. The molecule has 0 aliphatic carbocycles. The number of hydrogen-bond acceptors (Lipinski definition) is 7. The molecule has 51 heavy (non-hydrogen) atoms. The summed E-state index contributed by atoms with van der Waals surface area (Å²) in [7, 11) is 0. The van der Waals surface area contributed by atoms with E-state index in [0.29, 0.717) is 11.4 Å². The molecule has 2 aromatic carbocycles. The van der Waals surface area contributed by atoms with Gasteiger partial charge in [-0.25, -0.2) is 4.79 Å². The summed E-state index contributed by atoms with van der Waals surface area (Å²) in [6.45, 7) is 13.3. The second-order valence-electron chi connectivity index (χ2n) is 15.4. The maximum absolute atomic E-state index is 13.9. The highest BCUT2D eigenvalue weighted by Crippen LogP contribution is 2.45. The van der Waals surface area contributed by atoms with Gasteiger partial charge in [-0.1, -0.05) is 86.9 Å². The first-order valence-electron chi connectivity index (χ1n) is 17.2. The van der Waals surface area contributed by atoms with Crippen molar-refractivity contribution in [2.75, 3.05) is 6.54 Å². The third kappa shape index (κ3) is 11.3. The van der Waals surface area contributed by atoms with Crippen molar-refractivity contribution in [2.24, 2.45) is 21.9 Å². The predicted molar refractivity (Wildman–Crippen MR) is 194 cm³/mol. The van der Waals surface area contributed by atoms with Crippen molar-refractivity contribution in [2.45, 2.75) is 105 Å². The van der Waals surface area contributed by atoms with Crippen LogP contribution in [0.4, 0.5) is 0 Å². The number of benzene rings is 2. The summed E-state index contributed by atoms with van der Waals surface area (Å²) >= 11 is 6.35. The Hall–Kier alpha value is -4.38. The van der Waals surface area contributed by atoms with E-state index in [-0.39, 0.29) is 49.5 Å². The number of epoxide rings is 1. The molecule has 3 amide bonds. The molecule has 1 saturated heterocycles. The van der Waals surface area contributed by atoms with Gasteiger partial charge in [0.2, 0.25) is 17.7 Å². The van der Waals surface area contributed by atoms with E-state index in [0.717, 1.165) is 22.3 Å². The molecule has 0 bridgehead atoms. The smallest absolute Gasteiger partial charge is 0.328 e. The Bertz CT molecular complexity index is 1680. The van der Waals surface area contributed by atoms with Crippen molar-refractivity contribution >= 4 is 35.3 Å². The zero-order chi connectivity index (χ0) is 37.5. The Morgan fingerprint density at radius 1 is 1.04 bits per heavy atom.